The summed E-state index contributed by atoms with van der Waals surface area (Å²) in [7, 11) is 0. The van der Waals surface area contributed by atoms with Crippen molar-refractivity contribution in [2.24, 2.45) is 50.2 Å². The number of rotatable bonds is 8. The molecule has 4 aliphatic heterocycles. The highest BCUT2D eigenvalue weighted by molar-refractivity contribution is 5.36. The Balaban J connectivity index is 0.958. The van der Waals surface area contributed by atoms with Gasteiger partial charge in [0.1, 0.15) is 67.1 Å². The van der Waals surface area contributed by atoms with Gasteiger partial charge in [0.2, 0.25) is 0 Å². The third kappa shape index (κ3) is 7.09. The highest BCUT2D eigenvalue weighted by Gasteiger charge is 2.79. The van der Waals surface area contributed by atoms with Crippen molar-refractivity contribution < 1.29 is 84.2 Å². The van der Waals surface area contributed by atoms with Gasteiger partial charge in [-0.25, -0.2) is 0 Å². The van der Waals surface area contributed by atoms with Gasteiger partial charge in [0.05, 0.1) is 43.7 Å². The fourth-order valence-electron chi connectivity index (χ4n) is 15.7. The first-order valence-corrected chi connectivity index (χ1v) is 24.3. The summed E-state index contributed by atoms with van der Waals surface area (Å²) in [5.74, 6) is 0.593. The molecule has 0 aromatic heterocycles. The lowest BCUT2D eigenvalue weighted by atomic mass is 9.32. The van der Waals surface area contributed by atoms with Crippen LogP contribution in [0.4, 0.5) is 0 Å². The van der Waals surface area contributed by atoms with Crippen molar-refractivity contribution in [3.8, 4) is 0 Å². The third-order valence-corrected chi connectivity index (χ3v) is 19.9. The van der Waals surface area contributed by atoms with E-state index in [1.165, 1.54) is 6.92 Å². The average molecular weight is 927 g/mol. The summed E-state index contributed by atoms with van der Waals surface area (Å²) < 4.78 is 43.5. The molecule has 0 radical (unpaired) electrons. The molecular weight excluding hydrogens is 849 g/mol. The quantitative estimate of drug-likeness (QED) is 0.118. The molecule has 8 fully saturated rings. The standard InChI is InChI=1S/C48H78O17/c1-22-30(51)32(53)36(57)40(61-22)65-38-24(20-59-39-35(56)33(54)31(52)23(19-49)62-39)63-41(37(58)34(38)55)64-29-11-12-44(6)25(43(29,4)5)9-13-45(7)26(44)10-14-48-27-17-42(2,3)15-16-47(27,21-60-48)28(50)18-46(45,48)8/h10,14,22-41,49-58H,9,11-13,15-21H2,1-8H3/t22-,23+,24+,25-,26+,27-,28-,29-,30-,31+,32+,33-,34+,35+,36+,37+,38+,39+,40-,41-,44-,45+,46-,47+,48-/m0/s1. The van der Waals surface area contributed by atoms with E-state index in [0.29, 0.717) is 19.4 Å². The van der Waals surface area contributed by atoms with E-state index >= 15 is 0 Å². The van der Waals surface area contributed by atoms with E-state index in [9.17, 15) is 51.1 Å². The Morgan fingerprint density at radius 1 is 0.631 bits per heavy atom. The molecule has 9 rings (SSSR count). The summed E-state index contributed by atoms with van der Waals surface area (Å²) in [6, 6.07) is 0. The van der Waals surface area contributed by atoms with Crippen molar-refractivity contribution in [1.82, 2.24) is 0 Å². The van der Waals surface area contributed by atoms with Crippen LogP contribution in [0.3, 0.4) is 0 Å². The van der Waals surface area contributed by atoms with E-state index in [1.807, 2.05) is 0 Å². The highest BCUT2D eigenvalue weighted by Crippen LogP contribution is 2.79. The number of aliphatic hydroxyl groups is 10. The molecule has 0 amide bonds. The second-order valence-electron chi connectivity index (χ2n) is 24.0. The van der Waals surface area contributed by atoms with E-state index < -0.39 is 129 Å². The van der Waals surface area contributed by atoms with E-state index in [4.69, 9.17) is 33.2 Å². The van der Waals surface area contributed by atoms with Crippen LogP contribution in [0, 0.1) is 50.2 Å². The summed E-state index contributed by atoms with van der Waals surface area (Å²) >= 11 is 0. The second-order valence-corrected chi connectivity index (χ2v) is 24.0. The number of hydrogen-bond donors (Lipinski definition) is 10. The van der Waals surface area contributed by atoms with Crippen LogP contribution in [0.25, 0.3) is 0 Å². The Kier molecular flexibility index (Phi) is 12.5. The van der Waals surface area contributed by atoms with Gasteiger partial charge in [0, 0.05) is 16.7 Å². The molecule has 4 saturated heterocycles. The Morgan fingerprint density at radius 2 is 1.28 bits per heavy atom. The Labute approximate surface area is 382 Å². The molecule has 2 bridgehead atoms. The lowest BCUT2D eigenvalue weighted by Gasteiger charge is -2.73. The lowest BCUT2D eigenvalue weighted by molar-refractivity contribution is -0.374. The van der Waals surface area contributed by atoms with Gasteiger partial charge in [-0.3, -0.25) is 0 Å². The van der Waals surface area contributed by atoms with Gasteiger partial charge < -0.3 is 84.2 Å². The zero-order chi connectivity index (χ0) is 47.2. The molecule has 10 N–H and O–H groups in total. The van der Waals surface area contributed by atoms with Gasteiger partial charge in [-0.15, -0.1) is 0 Å². The van der Waals surface area contributed by atoms with Gasteiger partial charge >= 0.3 is 0 Å². The van der Waals surface area contributed by atoms with E-state index in [1.54, 1.807) is 0 Å². The van der Waals surface area contributed by atoms with Crippen LogP contribution >= 0.6 is 0 Å². The largest absolute Gasteiger partial charge is 0.394 e. The molecule has 65 heavy (non-hydrogen) atoms. The van der Waals surface area contributed by atoms with Crippen molar-refractivity contribution in [2.75, 3.05) is 19.8 Å². The maximum absolute atomic E-state index is 12.2. The van der Waals surface area contributed by atoms with E-state index in [-0.39, 0.29) is 44.8 Å². The minimum atomic E-state index is -1.75. The summed E-state index contributed by atoms with van der Waals surface area (Å²) in [5.41, 5.74) is -1.61. The van der Waals surface area contributed by atoms with E-state index in [0.717, 1.165) is 38.5 Å². The van der Waals surface area contributed by atoms with Crippen LogP contribution in [-0.2, 0) is 33.2 Å². The summed E-state index contributed by atoms with van der Waals surface area (Å²) in [6.07, 6.45) is -12.0. The average Bonchev–Trinajstić information content (AvgIpc) is 3.52. The van der Waals surface area contributed by atoms with Gasteiger partial charge in [0.15, 0.2) is 18.9 Å². The minimum Gasteiger partial charge on any atom is -0.394 e. The first-order chi connectivity index (χ1) is 30.3. The lowest BCUT2D eigenvalue weighted by Crippen LogP contribution is -2.72. The highest BCUT2D eigenvalue weighted by atomic mass is 16.8. The van der Waals surface area contributed by atoms with Crippen molar-refractivity contribution >= 4 is 0 Å². The molecule has 17 nitrogen and oxygen atoms in total. The van der Waals surface area contributed by atoms with Crippen molar-refractivity contribution in [3.63, 3.8) is 0 Å². The van der Waals surface area contributed by atoms with Gasteiger partial charge in [0.25, 0.3) is 0 Å². The zero-order valence-electron chi connectivity index (χ0n) is 39.3. The molecule has 4 saturated carbocycles. The number of hydrogen-bond acceptors (Lipinski definition) is 17. The van der Waals surface area contributed by atoms with Crippen molar-refractivity contribution in [1.29, 1.82) is 0 Å². The Hall–Kier alpha value is -0.940. The van der Waals surface area contributed by atoms with Crippen LogP contribution in [0.5, 0.6) is 0 Å². The molecule has 0 unspecified atom stereocenters. The minimum absolute atomic E-state index is 0.163. The van der Waals surface area contributed by atoms with Gasteiger partial charge in [-0.05, 0) is 91.8 Å². The van der Waals surface area contributed by atoms with Crippen molar-refractivity contribution in [3.05, 3.63) is 12.2 Å². The molecule has 9 aliphatic rings. The summed E-state index contributed by atoms with van der Waals surface area (Å²) in [6.45, 7) is 17.2. The van der Waals surface area contributed by atoms with Crippen molar-refractivity contribution in [2.45, 2.75) is 217 Å². The predicted octanol–water partition coefficient (Wildman–Crippen LogP) is 0.629. The number of allylic oxidation sites excluding steroid dienone is 1. The predicted molar refractivity (Wildman–Crippen MR) is 228 cm³/mol. The Bertz CT molecular complexity index is 1780. The van der Waals surface area contributed by atoms with Crippen LogP contribution in [0.15, 0.2) is 12.2 Å². The van der Waals surface area contributed by atoms with Crippen LogP contribution < -0.4 is 0 Å². The topological polar surface area (TPSA) is 267 Å². The molecule has 0 aromatic rings. The van der Waals surface area contributed by atoms with Crippen LogP contribution in [0.2, 0.25) is 0 Å². The van der Waals surface area contributed by atoms with Crippen LogP contribution in [0.1, 0.15) is 107 Å². The first kappa shape index (κ1) is 49.1. The zero-order valence-corrected chi connectivity index (χ0v) is 39.3. The maximum atomic E-state index is 12.2. The first-order valence-electron chi connectivity index (χ1n) is 24.3. The second kappa shape index (κ2) is 16.6. The normalized spacial score (nSPS) is 58.0. The Morgan fingerprint density at radius 3 is 1.98 bits per heavy atom. The summed E-state index contributed by atoms with van der Waals surface area (Å²) in [4.78, 5) is 0. The van der Waals surface area contributed by atoms with Gasteiger partial charge in [-0.1, -0.05) is 60.6 Å². The summed E-state index contributed by atoms with van der Waals surface area (Å²) in [5, 5.41) is 109. The fourth-order valence-corrected chi connectivity index (χ4v) is 15.7. The molecule has 4 heterocycles. The molecule has 5 aliphatic carbocycles. The van der Waals surface area contributed by atoms with Gasteiger partial charge in [-0.2, -0.15) is 0 Å². The fraction of sp³-hybridized carbons (Fsp3) is 0.958. The smallest absolute Gasteiger partial charge is 0.187 e. The monoisotopic (exact) mass is 927 g/mol. The molecule has 372 valence electrons. The number of aliphatic hydroxyl groups excluding tert-OH is 10. The molecule has 0 aromatic carbocycles. The molecular formula is C48H78O17. The van der Waals surface area contributed by atoms with Crippen LogP contribution in [-0.4, -0.2) is 181 Å². The SMILES string of the molecule is C[C@@H]1O[C@@H](O[C@H]2[C@H](O)[C@@H](O)[C@H](O[C@H]3CC[C@]4(C)[C@H]5C=C[C@]67OC[C@@]8(CCC(C)(C)C[C@@H]86)[C@@H](O)C[C@@]7(C)[C@]5(C)CC[C@H]4C3(C)C)O[C@@H]2CO[C@@H]2O[C@H](CO)[C@@H](O)[C@H](O)[C@H]2O)[C@H](O)[C@H](O)[C@H]1O. The maximum Gasteiger partial charge on any atom is 0.187 e. The third-order valence-electron chi connectivity index (χ3n) is 19.9. The molecule has 17 heteroatoms. The molecule has 25 atom stereocenters. The molecule has 1 spiro atoms. The van der Waals surface area contributed by atoms with E-state index in [2.05, 4.69) is 60.6 Å². The number of ether oxygens (including phenoxy) is 7. The number of fused-ring (bicyclic) bond motifs is 4.